The second-order valence-electron chi connectivity index (χ2n) is 8.32. The van der Waals surface area contributed by atoms with Gasteiger partial charge in [0.2, 0.25) is 0 Å². The molecule has 0 saturated carbocycles. The van der Waals surface area contributed by atoms with Crippen LogP contribution < -0.4 is 11.4 Å². The molecule has 32 heavy (non-hydrogen) atoms. The van der Waals surface area contributed by atoms with Crippen LogP contribution in [0.1, 0.15) is 11.1 Å². The number of rotatable bonds is 4. The molecular formula is C27H26N2O3. The first-order valence-corrected chi connectivity index (χ1v) is 10.9. The van der Waals surface area contributed by atoms with E-state index in [0.29, 0.717) is 11.3 Å². The summed E-state index contributed by atoms with van der Waals surface area (Å²) < 4.78 is 11.0. The molecule has 2 heterocycles. The molecule has 5 heteroatoms. The number of hydrogen-bond acceptors (Lipinski definition) is 5. The smallest absolute Gasteiger partial charge is 0.336 e. The van der Waals surface area contributed by atoms with Crippen molar-refractivity contribution in [1.29, 1.82) is 0 Å². The molecule has 5 nitrogen and oxygen atoms in total. The van der Waals surface area contributed by atoms with Gasteiger partial charge in [-0.25, -0.2) is 4.79 Å². The summed E-state index contributed by atoms with van der Waals surface area (Å²) in [6.07, 6.45) is 0. The fourth-order valence-corrected chi connectivity index (χ4v) is 4.46. The number of nitrogens with two attached hydrogens (primary N) is 1. The van der Waals surface area contributed by atoms with Crippen molar-refractivity contribution in [2.45, 2.75) is 13.5 Å². The molecule has 0 radical (unpaired) electrons. The Morgan fingerprint density at radius 2 is 1.53 bits per heavy atom. The molecule has 1 aliphatic rings. The van der Waals surface area contributed by atoms with Gasteiger partial charge in [-0.3, -0.25) is 4.90 Å². The van der Waals surface area contributed by atoms with Crippen molar-refractivity contribution in [1.82, 2.24) is 4.90 Å². The molecule has 1 fully saturated rings. The van der Waals surface area contributed by atoms with Crippen LogP contribution in [-0.2, 0) is 11.3 Å². The lowest BCUT2D eigenvalue weighted by Gasteiger charge is -2.26. The summed E-state index contributed by atoms with van der Waals surface area (Å²) in [5, 5.41) is 0.910. The third-order valence-electron chi connectivity index (χ3n) is 6.08. The van der Waals surface area contributed by atoms with Gasteiger partial charge >= 0.3 is 5.63 Å². The van der Waals surface area contributed by atoms with Gasteiger partial charge in [0.25, 0.3) is 0 Å². The molecular weight excluding hydrogens is 400 g/mol. The van der Waals surface area contributed by atoms with E-state index in [-0.39, 0.29) is 5.63 Å². The minimum absolute atomic E-state index is 0.347. The van der Waals surface area contributed by atoms with E-state index < -0.39 is 0 Å². The van der Waals surface area contributed by atoms with E-state index in [2.05, 4.69) is 36.1 Å². The number of fused-ring (bicyclic) bond motifs is 1. The zero-order valence-electron chi connectivity index (χ0n) is 18.1. The number of aryl methyl sites for hydroxylation is 1. The van der Waals surface area contributed by atoms with Crippen LogP contribution in [0.15, 0.2) is 75.9 Å². The first-order chi connectivity index (χ1) is 15.6. The van der Waals surface area contributed by atoms with E-state index in [1.165, 1.54) is 11.6 Å². The largest absolute Gasteiger partial charge is 0.423 e. The van der Waals surface area contributed by atoms with Crippen molar-refractivity contribution >= 4 is 16.7 Å². The summed E-state index contributed by atoms with van der Waals surface area (Å²) in [4.78, 5) is 14.3. The summed E-state index contributed by atoms with van der Waals surface area (Å²) in [5.74, 6) is 0. The summed E-state index contributed by atoms with van der Waals surface area (Å²) in [6, 6.07) is 21.9. The number of ether oxygens (including phenoxy) is 1. The van der Waals surface area contributed by atoms with Crippen LogP contribution in [-0.4, -0.2) is 31.2 Å². The molecule has 2 N–H and O–H groups in total. The molecule has 0 atom stereocenters. The van der Waals surface area contributed by atoms with Crippen molar-refractivity contribution < 1.29 is 9.15 Å². The topological polar surface area (TPSA) is 68.7 Å². The Morgan fingerprint density at radius 1 is 0.875 bits per heavy atom. The molecule has 0 unspecified atom stereocenters. The maximum Gasteiger partial charge on any atom is 0.336 e. The molecule has 162 valence electrons. The fraction of sp³-hybridized carbons (Fsp3) is 0.222. The monoisotopic (exact) mass is 426 g/mol. The van der Waals surface area contributed by atoms with E-state index in [1.807, 2.05) is 36.4 Å². The van der Waals surface area contributed by atoms with Crippen LogP contribution in [0.3, 0.4) is 0 Å². The van der Waals surface area contributed by atoms with Crippen molar-refractivity contribution in [3.8, 4) is 22.3 Å². The van der Waals surface area contributed by atoms with Gasteiger partial charge in [-0.1, -0.05) is 36.4 Å². The number of benzene rings is 3. The van der Waals surface area contributed by atoms with Crippen molar-refractivity contribution in [2.75, 3.05) is 32.0 Å². The third kappa shape index (κ3) is 4.05. The van der Waals surface area contributed by atoms with Crippen LogP contribution >= 0.6 is 0 Å². The molecule has 5 rings (SSSR count). The highest BCUT2D eigenvalue weighted by molar-refractivity contribution is 6.03. The number of nitrogen functional groups attached to an aromatic ring is 1. The Bertz CT molecular complexity index is 1300. The Hall–Kier alpha value is -3.41. The van der Waals surface area contributed by atoms with E-state index in [9.17, 15) is 4.79 Å². The lowest BCUT2D eigenvalue weighted by molar-refractivity contribution is 0.0342. The number of morpholine rings is 1. The first kappa shape index (κ1) is 20.5. The van der Waals surface area contributed by atoms with Gasteiger partial charge in [0, 0.05) is 42.3 Å². The lowest BCUT2D eigenvalue weighted by atomic mass is 9.88. The quantitative estimate of drug-likeness (QED) is 0.373. The van der Waals surface area contributed by atoms with Crippen LogP contribution in [0.25, 0.3) is 33.2 Å². The van der Waals surface area contributed by atoms with E-state index in [1.54, 1.807) is 0 Å². The van der Waals surface area contributed by atoms with Crippen LogP contribution in [0.4, 0.5) is 5.69 Å². The van der Waals surface area contributed by atoms with Crippen molar-refractivity contribution in [2.24, 2.45) is 0 Å². The Balaban J connectivity index is 1.62. The summed E-state index contributed by atoms with van der Waals surface area (Å²) >= 11 is 0. The maximum atomic E-state index is 11.8. The number of anilines is 1. The Kier molecular flexibility index (Phi) is 5.52. The molecule has 4 aromatic rings. The van der Waals surface area contributed by atoms with Gasteiger partial charge < -0.3 is 14.9 Å². The Morgan fingerprint density at radius 3 is 2.25 bits per heavy atom. The molecule has 3 aromatic carbocycles. The predicted molar refractivity (Wildman–Crippen MR) is 129 cm³/mol. The summed E-state index contributed by atoms with van der Waals surface area (Å²) in [6.45, 7) is 6.53. The second kappa shape index (κ2) is 8.61. The lowest BCUT2D eigenvalue weighted by Crippen LogP contribution is -2.35. The second-order valence-corrected chi connectivity index (χ2v) is 8.32. The van der Waals surface area contributed by atoms with Gasteiger partial charge in [-0.05, 0) is 59.0 Å². The zero-order valence-corrected chi connectivity index (χ0v) is 18.1. The summed E-state index contributed by atoms with van der Waals surface area (Å²) in [7, 11) is 0. The highest BCUT2D eigenvalue weighted by atomic mass is 16.5. The Labute approximate surface area is 187 Å². The van der Waals surface area contributed by atoms with Crippen molar-refractivity contribution in [3.05, 3.63) is 88.3 Å². The SMILES string of the molecule is Cc1cc2oc(=O)ccc2c(-c2ccc(N)cc2)c1-c1ccc(CN2CCOCC2)cc1. The van der Waals surface area contributed by atoms with Crippen LogP contribution in [0.5, 0.6) is 0 Å². The molecule has 0 aliphatic carbocycles. The first-order valence-electron chi connectivity index (χ1n) is 10.9. The minimum Gasteiger partial charge on any atom is -0.423 e. The van der Waals surface area contributed by atoms with E-state index >= 15 is 0 Å². The van der Waals surface area contributed by atoms with Gasteiger partial charge in [0.05, 0.1) is 13.2 Å². The van der Waals surface area contributed by atoms with Gasteiger partial charge in [0.15, 0.2) is 0 Å². The minimum atomic E-state index is -0.347. The molecule has 1 aliphatic heterocycles. The molecule has 1 aromatic heterocycles. The third-order valence-corrected chi connectivity index (χ3v) is 6.08. The van der Waals surface area contributed by atoms with Gasteiger partial charge in [-0.15, -0.1) is 0 Å². The molecule has 0 amide bonds. The number of nitrogens with zero attached hydrogens (tertiary/aromatic N) is 1. The van der Waals surface area contributed by atoms with Gasteiger partial charge in [-0.2, -0.15) is 0 Å². The molecule has 1 saturated heterocycles. The van der Waals surface area contributed by atoms with E-state index in [4.69, 9.17) is 14.9 Å². The molecule has 0 spiro atoms. The maximum absolute atomic E-state index is 11.8. The average molecular weight is 427 g/mol. The molecule has 0 bridgehead atoms. The highest BCUT2D eigenvalue weighted by Gasteiger charge is 2.17. The average Bonchev–Trinajstić information content (AvgIpc) is 2.80. The normalized spacial score (nSPS) is 14.7. The van der Waals surface area contributed by atoms with Gasteiger partial charge in [0.1, 0.15) is 5.58 Å². The number of hydrogen-bond donors (Lipinski definition) is 1. The standard InChI is InChI=1S/C27H26N2O3/c1-18-16-24-23(10-11-25(30)32-24)27(21-6-8-22(28)9-7-21)26(18)20-4-2-19(3-5-20)17-29-12-14-31-15-13-29/h2-11,16H,12-15,17,28H2,1H3. The fourth-order valence-electron chi connectivity index (χ4n) is 4.46. The van der Waals surface area contributed by atoms with Crippen molar-refractivity contribution in [3.63, 3.8) is 0 Å². The van der Waals surface area contributed by atoms with Crippen LogP contribution in [0.2, 0.25) is 0 Å². The van der Waals surface area contributed by atoms with Crippen LogP contribution in [0, 0.1) is 6.92 Å². The predicted octanol–water partition coefficient (Wildman–Crippen LogP) is 4.85. The zero-order chi connectivity index (χ0) is 22.1. The summed E-state index contributed by atoms with van der Waals surface area (Å²) in [5.41, 5.74) is 13.6. The highest BCUT2D eigenvalue weighted by Crippen LogP contribution is 2.40. The van der Waals surface area contributed by atoms with E-state index in [0.717, 1.165) is 66.1 Å².